The SMILES string of the molecule is O=C1OCCC(C#CC2COC(=O)O2)O1. The molecule has 0 bridgehead atoms. The molecule has 0 amide bonds. The van der Waals surface area contributed by atoms with Crippen molar-refractivity contribution in [2.24, 2.45) is 0 Å². The first kappa shape index (κ1) is 9.65. The summed E-state index contributed by atoms with van der Waals surface area (Å²) in [6.07, 6.45) is -2.00. The number of hydrogen-bond donors (Lipinski definition) is 0. The van der Waals surface area contributed by atoms with Crippen LogP contribution in [0.3, 0.4) is 0 Å². The summed E-state index contributed by atoms with van der Waals surface area (Å²) in [6, 6.07) is 0. The summed E-state index contributed by atoms with van der Waals surface area (Å²) in [4.78, 5) is 21.2. The van der Waals surface area contributed by atoms with Gasteiger partial charge in [-0.25, -0.2) is 9.59 Å². The molecule has 0 saturated carbocycles. The maximum absolute atomic E-state index is 10.7. The van der Waals surface area contributed by atoms with Crippen LogP contribution in [-0.4, -0.2) is 37.7 Å². The van der Waals surface area contributed by atoms with Crippen LogP contribution in [0.25, 0.3) is 0 Å². The lowest BCUT2D eigenvalue weighted by Gasteiger charge is -2.17. The van der Waals surface area contributed by atoms with Crippen LogP contribution in [0.1, 0.15) is 6.42 Å². The smallest absolute Gasteiger partial charge is 0.434 e. The molecule has 2 unspecified atom stereocenters. The van der Waals surface area contributed by atoms with E-state index in [1.165, 1.54) is 0 Å². The van der Waals surface area contributed by atoms with Crippen molar-refractivity contribution >= 4 is 12.3 Å². The van der Waals surface area contributed by atoms with Crippen molar-refractivity contribution in [1.82, 2.24) is 0 Å². The zero-order chi connectivity index (χ0) is 10.7. The second-order valence-electron chi connectivity index (χ2n) is 2.95. The third-order valence-electron chi connectivity index (χ3n) is 1.83. The van der Waals surface area contributed by atoms with Gasteiger partial charge in [-0.1, -0.05) is 11.8 Å². The van der Waals surface area contributed by atoms with Gasteiger partial charge in [0.2, 0.25) is 0 Å². The van der Waals surface area contributed by atoms with Gasteiger partial charge in [0.1, 0.15) is 6.61 Å². The second kappa shape index (κ2) is 4.09. The highest BCUT2D eigenvalue weighted by Crippen LogP contribution is 2.08. The number of cyclic esters (lactones) is 4. The maximum atomic E-state index is 10.7. The number of rotatable bonds is 0. The van der Waals surface area contributed by atoms with E-state index in [-0.39, 0.29) is 6.61 Å². The molecular weight excluding hydrogens is 204 g/mol. The van der Waals surface area contributed by atoms with Crippen LogP contribution >= 0.6 is 0 Å². The molecular formula is C9H8O6. The Morgan fingerprint density at radius 2 is 1.67 bits per heavy atom. The minimum atomic E-state index is -0.724. The predicted octanol–water partition coefficient (Wildman–Crippen LogP) is 0.451. The van der Waals surface area contributed by atoms with Gasteiger partial charge in [0, 0.05) is 6.42 Å². The van der Waals surface area contributed by atoms with E-state index in [2.05, 4.69) is 26.1 Å². The molecule has 0 spiro atoms. The Balaban J connectivity index is 1.87. The molecule has 0 aromatic heterocycles. The molecule has 0 aromatic rings. The molecule has 2 fully saturated rings. The minimum Gasteiger partial charge on any atom is -0.434 e. The Morgan fingerprint density at radius 1 is 1.00 bits per heavy atom. The van der Waals surface area contributed by atoms with E-state index in [1.807, 2.05) is 0 Å². The van der Waals surface area contributed by atoms with Crippen molar-refractivity contribution in [3.63, 3.8) is 0 Å². The standard InChI is InChI=1S/C9H8O6/c10-8-12-4-3-6(14-8)1-2-7-5-13-9(11)15-7/h6-7H,3-5H2. The van der Waals surface area contributed by atoms with Crippen LogP contribution in [0.5, 0.6) is 0 Å². The molecule has 2 heterocycles. The average molecular weight is 212 g/mol. The number of carbonyl (C=O) groups excluding carboxylic acids is 2. The third kappa shape index (κ3) is 2.53. The van der Waals surface area contributed by atoms with E-state index < -0.39 is 24.5 Å². The fourth-order valence-electron chi connectivity index (χ4n) is 1.14. The molecule has 2 aliphatic heterocycles. The van der Waals surface area contributed by atoms with Crippen molar-refractivity contribution in [3.05, 3.63) is 0 Å². The van der Waals surface area contributed by atoms with Gasteiger partial charge in [-0.2, -0.15) is 0 Å². The summed E-state index contributed by atoms with van der Waals surface area (Å²) < 4.78 is 18.5. The van der Waals surface area contributed by atoms with Crippen molar-refractivity contribution in [3.8, 4) is 11.8 Å². The maximum Gasteiger partial charge on any atom is 0.509 e. The molecule has 6 heteroatoms. The van der Waals surface area contributed by atoms with E-state index >= 15 is 0 Å². The Kier molecular flexibility index (Phi) is 2.63. The van der Waals surface area contributed by atoms with E-state index in [9.17, 15) is 9.59 Å². The summed E-state index contributed by atoms with van der Waals surface area (Å²) >= 11 is 0. The number of ether oxygens (including phenoxy) is 4. The Labute approximate surface area is 85.4 Å². The van der Waals surface area contributed by atoms with Crippen molar-refractivity contribution in [2.45, 2.75) is 18.6 Å². The largest absolute Gasteiger partial charge is 0.509 e. The van der Waals surface area contributed by atoms with Crippen molar-refractivity contribution < 1.29 is 28.5 Å². The topological polar surface area (TPSA) is 71.1 Å². The van der Waals surface area contributed by atoms with Crippen LogP contribution in [0.2, 0.25) is 0 Å². The molecule has 6 nitrogen and oxygen atoms in total. The fraction of sp³-hybridized carbons (Fsp3) is 0.556. The Morgan fingerprint density at radius 3 is 2.33 bits per heavy atom. The molecule has 2 saturated heterocycles. The quantitative estimate of drug-likeness (QED) is 0.429. The van der Waals surface area contributed by atoms with Crippen LogP contribution in [0, 0.1) is 11.8 Å². The van der Waals surface area contributed by atoms with E-state index in [0.29, 0.717) is 13.0 Å². The van der Waals surface area contributed by atoms with Gasteiger partial charge >= 0.3 is 12.3 Å². The van der Waals surface area contributed by atoms with Gasteiger partial charge in [0.25, 0.3) is 0 Å². The van der Waals surface area contributed by atoms with Crippen LogP contribution < -0.4 is 0 Å². The monoisotopic (exact) mass is 212 g/mol. The lowest BCUT2D eigenvalue weighted by molar-refractivity contribution is -0.00267. The Hall–Kier alpha value is -1.90. The number of hydrogen-bond acceptors (Lipinski definition) is 6. The highest BCUT2D eigenvalue weighted by Gasteiger charge is 2.24. The third-order valence-corrected chi connectivity index (χ3v) is 1.83. The molecule has 2 rings (SSSR count). The zero-order valence-corrected chi connectivity index (χ0v) is 7.73. The summed E-state index contributed by atoms with van der Waals surface area (Å²) in [5.74, 6) is 5.34. The molecule has 15 heavy (non-hydrogen) atoms. The van der Waals surface area contributed by atoms with Gasteiger partial charge in [-0.05, 0) is 0 Å². The second-order valence-corrected chi connectivity index (χ2v) is 2.95. The molecule has 2 atom stereocenters. The zero-order valence-electron chi connectivity index (χ0n) is 7.73. The predicted molar refractivity (Wildman–Crippen MR) is 44.8 cm³/mol. The summed E-state index contributed by atoms with van der Waals surface area (Å²) in [5.41, 5.74) is 0. The number of carbonyl (C=O) groups is 2. The van der Waals surface area contributed by atoms with E-state index in [4.69, 9.17) is 4.74 Å². The molecule has 0 aliphatic carbocycles. The van der Waals surface area contributed by atoms with Gasteiger partial charge in [-0.15, -0.1) is 0 Å². The van der Waals surface area contributed by atoms with Crippen LogP contribution in [0.15, 0.2) is 0 Å². The Bertz CT molecular complexity index is 338. The van der Waals surface area contributed by atoms with E-state index in [0.717, 1.165) is 0 Å². The minimum absolute atomic E-state index is 0.114. The van der Waals surface area contributed by atoms with Crippen molar-refractivity contribution in [2.75, 3.05) is 13.2 Å². The van der Waals surface area contributed by atoms with Gasteiger partial charge in [0.15, 0.2) is 12.2 Å². The summed E-state index contributed by atoms with van der Waals surface area (Å²) in [7, 11) is 0. The van der Waals surface area contributed by atoms with Gasteiger partial charge in [0.05, 0.1) is 6.61 Å². The highest BCUT2D eigenvalue weighted by atomic mass is 16.8. The molecule has 0 N–H and O–H groups in total. The van der Waals surface area contributed by atoms with Crippen LogP contribution in [-0.2, 0) is 18.9 Å². The van der Waals surface area contributed by atoms with E-state index in [1.54, 1.807) is 0 Å². The van der Waals surface area contributed by atoms with Gasteiger partial charge < -0.3 is 18.9 Å². The lowest BCUT2D eigenvalue weighted by Crippen LogP contribution is -2.26. The normalized spacial score (nSPS) is 29.1. The lowest BCUT2D eigenvalue weighted by atomic mass is 10.2. The molecule has 0 aromatic carbocycles. The van der Waals surface area contributed by atoms with Crippen LogP contribution in [0.4, 0.5) is 9.59 Å². The average Bonchev–Trinajstić information content (AvgIpc) is 2.62. The summed E-state index contributed by atoms with van der Waals surface area (Å²) in [6.45, 7) is 0.405. The highest BCUT2D eigenvalue weighted by molar-refractivity contribution is 5.63. The first-order valence-electron chi connectivity index (χ1n) is 4.42. The molecule has 2 aliphatic rings. The molecule has 80 valence electrons. The van der Waals surface area contributed by atoms with Crippen molar-refractivity contribution in [1.29, 1.82) is 0 Å². The fourth-order valence-corrected chi connectivity index (χ4v) is 1.14. The van der Waals surface area contributed by atoms with Gasteiger partial charge in [-0.3, -0.25) is 0 Å². The first-order valence-corrected chi connectivity index (χ1v) is 4.42. The molecule has 0 radical (unpaired) electrons. The first-order chi connectivity index (χ1) is 7.24. The summed E-state index contributed by atoms with van der Waals surface area (Å²) in [5, 5.41) is 0.